The van der Waals surface area contributed by atoms with E-state index in [-0.39, 0.29) is 11.7 Å². The first-order valence-corrected chi connectivity index (χ1v) is 5.86. The molecule has 0 radical (unpaired) electrons. The van der Waals surface area contributed by atoms with Gasteiger partial charge in [-0.05, 0) is 43.5 Å². The van der Waals surface area contributed by atoms with E-state index in [4.69, 9.17) is 16.3 Å². The highest BCUT2D eigenvalue weighted by Gasteiger charge is 2.25. The van der Waals surface area contributed by atoms with Gasteiger partial charge in [0.25, 0.3) is 0 Å². The van der Waals surface area contributed by atoms with E-state index in [1.165, 1.54) is 0 Å². The van der Waals surface area contributed by atoms with Crippen LogP contribution < -0.4 is 0 Å². The van der Waals surface area contributed by atoms with Gasteiger partial charge in [0.1, 0.15) is 0 Å². The number of halogens is 1. The molecule has 3 heteroatoms. The lowest BCUT2D eigenvalue weighted by molar-refractivity contribution is 0.0899. The first-order chi connectivity index (χ1) is 7.59. The number of ketones is 1. The van der Waals surface area contributed by atoms with Crippen LogP contribution in [0, 0.1) is 19.8 Å². The van der Waals surface area contributed by atoms with Crippen molar-refractivity contribution in [2.75, 3.05) is 13.2 Å². The van der Waals surface area contributed by atoms with Gasteiger partial charge in [-0.3, -0.25) is 4.79 Å². The number of rotatable bonds is 2. The number of benzene rings is 1. The number of carbonyl (C=O) groups excluding carboxylic acids is 1. The summed E-state index contributed by atoms with van der Waals surface area (Å²) in [5.41, 5.74) is 2.69. The van der Waals surface area contributed by atoms with Crippen LogP contribution >= 0.6 is 11.6 Å². The Labute approximate surface area is 101 Å². The van der Waals surface area contributed by atoms with Crippen LogP contribution in [0.2, 0.25) is 5.02 Å². The molecule has 2 rings (SSSR count). The van der Waals surface area contributed by atoms with Crippen molar-refractivity contribution in [3.8, 4) is 0 Å². The van der Waals surface area contributed by atoms with E-state index in [1.54, 1.807) is 0 Å². The lowest BCUT2D eigenvalue weighted by Gasteiger charge is -2.11. The second kappa shape index (κ2) is 4.56. The third kappa shape index (κ3) is 2.13. The molecule has 86 valence electrons. The van der Waals surface area contributed by atoms with Crippen molar-refractivity contribution in [2.24, 2.45) is 5.92 Å². The number of carbonyl (C=O) groups is 1. The fourth-order valence-corrected chi connectivity index (χ4v) is 2.23. The molecule has 1 aromatic carbocycles. The molecule has 16 heavy (non-hydrogen) atoms. The fourth-order valence-electron chi connectivity index (χ4n) is 2.01. The van der Waals surface area contributed by atoms with E-state index in [1.807, 2.05) is 26.0 Å². The summed E-state index contributed by atoms with van der Waals surface area (Å²) in [5, 5.41) is 0.719. The molecule has 0 aliphatic carbocycles. The maximum Gasteiger partial charge on any atom is 0.168 e. The van der Waals surface area contributed by atoms with Crippen LogP contribution in [0.3, 0.4) is 0 Å². The summed E-state index contributed by atoms with van der Waals surface area (Å²) in [4.78, 5) is 12.2. The van der Waals surface area contributed by atoms with E-state index in [2.05, 4.69) is 0 Å². The van der Waals surface area contributed by atoms with E-state index < -0.39 is 0 Å². The summed E-state index contributed by atoms with van der Waals surface area (Å²) in [5.74, 6) is 0.217. The van der Waals surface area contributed by atoms with Crippen LogP contribution in [0.15, 0.2) is 12.1 Å². The second-order valence-corrected chi connectivity index (χ2v) is 4.75. The molecule has 0 bridgehead atoms. The zero-order valence-electron chi connectivity index (χ0n) is 9.55. The maximum atomic E-state index is 12.2. The van der Waals surface area contributed by atoms with Gasteiger partial charge in [0.05, 0.1) is 6.61 Å². The van der Waals surface area contributed by atoms with Gasteiger partial charge in [0, 0.05) is 23.1 Å². The summed E-state index contributed by atoms with van der Waals surface area (Å²) in [6.45, 7) is 5.10. The average Bonchev–Trinajstić information content (AvgIpc) is 2.75. The van der Waals surface area contributed by atoms with Crippen molar-refractivity contribution in [3.63, 3.8) is 0 Å². The van der Waals surface area contributed by atoms with Gasteiger partial charge in [0.2, 0.25) is 0 Å². The van der Waals surface area contributed by atoms with Crippen LogP contribution in [0.5, 0.6) is 0 Å². The van der Waals surface area contributed by atoms with Gasteiger partial charge >= 0.3 is 0 Å². The zero-order valence-corrected chi connectivity index (χ0v) is 10.3. The zero-order chi connectivity index (χ0) is 11.7. The van der Waals surface area contributed by atoms with Gasteiger partial charge < -0.3 is 4.74 Å². The quantitative estimate of drug-likeness (QED) is 0.740. The van der Waals surface area contributed by atoms with Gasteiger partial charge in [-0.15, -0.1) is 0 Å². The van der Waals surface area contributed by atoms with Gasteiger partial charge in [-0.1, -0.05) is 11.6 Å². The molecule has 0 N–H and O–H groups in total. The standard InChI is InChI=1S/C13H15ClO2/c1-8-6-12(14)9(2)5-11(8)13(15)10-3-4-16-7-10/h5-6,10H,3-4,7H2,1-2H3. The molecule has 1 aliphatic heterocycles. The summed E-state index contributed by atoms with van der Waals surface area (Å²) in [7, 11) is 0. The van der Waals surface area contributed by atoms with Crippen LogP contribution in [0.25, 0.3) is 0 Å². The minimum atomic E-state index is 0.0271. The monoisotopic (exact) mass is 238 g/mol. The molecule has 1 heterocycles. The van der Waals surface area contributed by atoms with Gasteiger partial charge in [-0.25, -0.2) is 0 Å². The molecule has 0 aromatic heterocycles. The average molecular weight is 239 g/mol. The first kappa shape index (κ1) is 11.6. The summed E-state index contributed by atoms with van der Waals surface area (Å²) < 4.78 is 5.25. The molecule has 1 fully saturated rings. The molecule has 1 aliphatic rings. The fraction of sp³-hybridized carbons (Fsp3) is 0.462. The topological polar surface area (TPSA) is 26.3 Å². The largest absolute Gasteiger partial charge is 0.381 e. The number of Topliss-reactive ketones (excluding diaryl/α,β-unsaturated/α-hetero) is 1. The van der Waals surface area contributed by atoms with Crippen LogP contribution in [0.4, 0.5) is 0 Å². The van der Waals surface area contributed by atoms with E-state index in [0.717, 1.165) is 28.1 Å². The van der Waals surface area contributed by atoms with Crippen molar-refractivity contribution >= 4 is 17.4 Å². The Morgan fingerprint density at radius 3 is 2.75 bits per heavy atom. The van der Waals surface area contributed by atoms with Crippen molar-refractivity contribution in [1.29, 1.82) is 0 Å². The second-order valence-electron chi connectivity index (χ2n) is 4.34. The lowest BCUT2D eigenvalue weighted by Crippen LogP contribution is -2.16. The Kier molecular flexibility index (Phi) is 3.31. The number of hydrogen-bond acceptors (Lipinski definition) is 2. The van der Waals surface area contributed by atoms with E-state index >= 15 is 0 Å². The van der Waals surface area contributed by atoms with Crippen molar-refractivity contribution in [3.05, 3.63) is 33.8 Å². The number of hydrogen-bond donors (Lipinski definition) is 0. The molecular formula is C13H15ClO2. The van der Waals surface area contributed by atoms with Crippen LogP contribution in [0.1, 0.15) is 27.9 Å². The van der Waals surface area contributed by atoms with Crippen molar-refractivity contribution in [2.45, 2.75) is 20.3 Å². The Bertz CT molecular complexity index is 420. The van der Waals surface area contributed by atoms with E-state index in [0.29, 0.717) is 13.2 Å². The van der Waals surface area contributed by atoms with E-state index in [9.17, 15) is 4.79 Å². The van der Waals surface area contributed by atoms with Crippen LogP contribution in [-0.4, -0.2) is 19.0 Å². The summed E-state index contributed by atoms with van der Waals surface area (Å²) in [6.07, 6.45) is 0.833. The Balaban J connectivity index is 2.32. The first-order valence-electron chi connectivity index (χ1n) is 5.48. The van der Waals surface area contributed by atoms with Crippen molar-refractivity contribution < 1.29 is 9.53 Å². The minimum absolute atomic E-state index is 0.0271. The molecule has 1 aromatic rings. The van der Waals surface area contributed by atoms with Crippen LogP contribution in [-0.2, 0) is 4.74 Å². The summed E-state index contributed by atoms with van der Waals surface area (Å²) >= 11 is 6.01. The van der Waals surface area contributed by atoms with Gasteiger partial charge in [-0.2, -0.15) is 0 Å². The van der Waals surface area contributed by atoms with Crippen molar-refractivity contribution in [1.82, 2.24) is 0 Å². The molecule has 0 amide bonds. The molecule has 1 unspecified atom stereocenters. The van der Waals surface area contributed by atoms with Gasteiger partial charge in [0.15, 0.2) is 5.78 Å². The third-order valence-electron chi connectivity index (χ3n) is 3.07. The number of ether oxygens (including phenoxy) is 1. The Hall–Kier alpha value is -0.860. The Morgan fingerprint density at radius 2 is 2.12 bits per heavy atom. The highest BCUT2D eigenvalue weighted by molar-refractivity contribution is 6.31. The summed E-state index contributed by atoms with van der Waals surface area (Å²) in [6, 6.07) is 3.75. The molecule has 1 atom stereocenters. The third-order valence-corrected chi connectivity index (χ3v) is 3.48. The highest BCUT2D eigenvalue weighted by Crippen LogP contribution is 2.25. The SMILES string of the molecule is Cc1cc(C(=O)C2CCOC2)c(C)cc1Cl. The lowest BCUT2D eigenvalue weighted by atomic mass is 9.93. The number of aryl methyl sites for hydroxylation is 2. The molecule has 1 saturated heterocycles. The Morgan fingerprint density at radius 1 is 1.38 bits per heavy atom. The molecular weight excluding hydrogens is 224 g/mol. The normalized spacial score (nSPS) is 20.1. The smallest absolute Gasteiger partial charge is 0.168 e. The maximum absolute atomic E-state index is 12.2. The molecule has 0 saturated carbocycles. The highest BCUT2D eigenvalue weighted by atomic mass is 35.5. The predicted octanol–water partition coefficient (Wildman–Crippen LogP) is 3.18. The molecule has 2 nitrogen and oxygen atoms in total. The molecule has 0 spiro atoms. The predicted molar refractivity (Wildman–Crippen MR) is 64.2 cm³/mol. The minimum Gasteiger partial charge on any atom is -0.381 e.